The Bertz CT molecular complexity index is 1990. The topological polar surface area (TPSA) is 100 Å². The number of hydrogen-bond donors (Lipinski definition) is 2. The van der Waals surface area contributed by atoms with Crippen molar-refractivity contribution in [2.45, 2.75) is 65.0 Å². The fraction of sp³-hybridized carbons (Fsp3) is 0.474. The molecule has 2 saturated carbocycles. The highest BCUT2D eigenvalue weighted by molar-refractivity contribution is 6.40. The van der Waals surface area contributed by atoms with Crippen LogP contribution in [0.4, 0.5) is 11.4 Å². The zero-order valence-corrected chi connectivity index (χ0v) is 30.5. The molecule has 2 N–H and O–H groups in total. The van der Waals surface area contributed by atoms with Crippen molar-refractivity contribution in [1.29, 1.82) is 0 Å². The number of amides is 2. The van der Waals surface area contributed by atoms with Crippen molar-refractivity contribution >= 4 is 46.4 Å². The number of hydrogen-bond acceptors (Lipinski definition) is 6. The van der Waals surface area contributed by atoms with Gasteiger partial charge in [0.15, 0.2) is 11.6 Å². The van der Waals surface area contributed by atoms with Gasteiger partial charge in [-0.2, -0.15) is 0 Å². The van der Waals surface area contributed by atoms with Crippen LogP contribution in [0.3, 0.4) is 0 Å². The Morgan fingerprint density at radius 3 is 1.78 bits per heavy atom. The predicted octanol–water partition coefficient (Wildman–Crippen LogP) is 6.95. The second-order valence-electron chi connectivity index (χ2n) is 14.7. The monoisotopic (exact) mass is 714 g/mol. The lowest BCUT2D eigenvalue weighted by Crippen LogP contribution is -2.39. The zero-order valence-electron chi connectivity index (χ0n) is 29.0. The Morgan fingerprint density at radius 2 is 1.30 bits per heavy atom. The van der Waals surface area contributed by atoms with Crippen LogP contribution in [-0.4, -0.2) is 66.9 Å². The van der Waals surface area contributed by atoms with E-state index in [1.54, 1.807) is 12.1 Å². The molecule has 4 aromatic rings. The maximum atomic E-state index is 13.7. The molecule has 2 bridgehead atoms. The maximum absolute atomic E-state index is 13.7. The van der Waals surface area contributed by atoms with E-state index in [0.29, 0.717) is 49.6 Å². The average Bonchev–Trinajstić information content (AvgIpc) is 3.88. The van der Waals surface area contributed by atoms with Gasteiger partial charge in [0.1, 0.15) is 0 Å². The Hall–Kier alpha value is -3.70. The third kappa shape index (κ3) is 5.93. The Labute approximate surface area is 303 Å². The molecular weight excluding hydrogens is 671 g/mol. The number of nitrogens with zero attached hydrogens (tertiary/aromatic N) is 6. The minimum absolute atomic E-state index is 0.313. The van der Waals surface area contributed by atoms with Crippen molar-refractivity contribution in [3.63, 3.8) is 0 Å². The highest BCUT2D eigenvalue weighted by Crippen LogP contribution is 2.54. The van der Waals surface area contributed by atoms with Gasteiger partial charge in [0, 0.05) is 82.2 Å². The van der Waals surface area contributed by atoms with E-state index in [2.05, 4.69) is 32.3 Å². The minimum Gasteiger partial charge on any atom is -0.327 e. The molecule has 2 aromatic carbocycles. The molecule has 10 nitrogen and oxygen atoms in total. The number of carbonyl (C=O) groups excluding carboxylic acids is 2. The summed E-state index contributed by atoms with van der Waals surface area (Å²) < 4.78 is 3.81. The molecule has 0 radical (unpaired) electrons. The van der Waals surface area contributed by atoms with E-state index in [0.717, 1.165) is 80.8 Å². The largest absolute Gasteiger partial charge is 0.327 e. The second-order valence-corrected chi connectivity index (χ2v) is 15.5. The van der Waals surface area contributed by atoms with Gasteiger partial charge >= 0.3 is 0 Å². The number of likely N-dealkylation sites (N-methyl/N-ethyl adjacent to an activating group) is 1. The summed E-state index contributed by atoms with van der Waals surface area (Å²) in [5, 5.41) is 6.66. The van der Waals surface area contributed by atoms with E-state index in [1.165, 1.54) is 32.1 Å². The summed E-state index contributed by atoms with van der Waals surface area (Å²) in [6.07, 6.45) is 8.59. The SMILES string of the molecule is CCN1CCc2c(nc(C(=O)Nc3cccc(-c4cccc(NC(=O)c5nc6c(n5C)CCN(CC57CCC(CC5)C7)C6)c4Cl)c3Cl)n2C)C1. The van der Waals surface area contributed by atoms with Gasteiger partial charge in [-0.1, -0.05) is 54.4 Å². The number of benzene rings is 2. The minimum atomic E-state index is -0.331. The van der Waals surface area contributed by atoms with Crippen LogP contribution in [0.1, 0.15) is 83.0 Å². The van der Waals surface area contributed by atoms with E-state index in [9.17, 15) is 9.59 Å². The van der Waals surface area contributed by atoms with Crippen LogP contribution in [0.25, 0.3) is 11.1 Å². The number of imidazole rings is 2. The smallest absolute Gasteiger partial charge is 0.291 e. The second kappa shape index (κ2) is 13.1. The first-order chi connectivity index (χ1) is 24.1. The van der Waals surface area contributed by atoms with E-state index in [4.69, 9.17) is 28.2 Å². The average molecular weight is 716 g/mol. The Kier molecular flexibility index (Phi) is 8.78. The molecular formula is C38H44Cl2N8O2. The lowest BCUT2D eigenvalue weighted by Gasteiger charge is -2.35. The summed E-state index contributed by atoms with van der Waals surface area (Å²) in [5.74, 6) is 1.01. The van der Waals surface area contributed by atoms with E-state index >= 15 is 0 Å². The van der Waals surface area contributed by atoms with Gasteiger partial charge in [-0.3, -0.25) is 19.4 Å². The molecule has 2 aliphatic heterocycles. The van der Waals surface area contributed by atoms with Crippen LogP contribution >= 0.6 is 23.2 Å². The fourth-order valence-corrected chi connectivity index (χ4v) is 9.56. The van der Waals surface area contributed by atoms with Gasteiger partial charge in [-0.15, -0.1) is 0 Å². The van der Waals surface area contributed by atoms with Gasteiger partial charge in [0.05, 0.1) is 32.8 Å². The van der Waals surface area contributed by atoms with Crippen molar-refractivity contribution in [3.8, 4) is 11.1 Å². The number of fused-ring (bicyclic) bond motifs is 4. The molecule has 0 unspecified atom stereocenters. The molecule has 0 spiro atoms. The van der Waals surface area contributed by atoms with Crippen molar-refractivity contribution in [2.24, 2.45) is 25.4 Å². The first kappa shape index (κ1) is 33.4. The van der Waals surface area contributed by atoms with Crippen LogP contribution < -0.4 is 10.6 Å². The van der Waals surface area contributed by atoms with Gasteiger partial charge in [0.25, 0.3) is 11.8 Å². The molecule has 2 aliphatic carbocycles. The summed E-state index contributed by atoms with van der Waals surface area (Å²) >= 11 is 13.9. The van der Waals surface area contributed by atoms with E-state index in [1.807, 2.05) is 47.5 Å². The number of aromatic nitrogens is 4. The molecule has 0 atom stereocenters. The van der Waals surface area contributed by atoms with Crippen molar-refractivity contribution < 1.29 is 9.59 Å². The molecule has 262 valence electrons. The van der Waals surface area contributed by atoms with Crippen LogP contribution in [0.15, 0.2) is 36.4 Å². The first-order valence-corrected chi connectivity index (χ1v) is 18.6. The Balaban J connectivity index is 0.982. The molecule has 8 rings (SSSR count). The molecule has 2 fully saturated rings. The van der Waals surface area contributed by atoms with Crippen LogP contribution in [0, 0.1) is 11.3 Å². The van der Waals surface area contributed by atoms with E-state index in [-0.39, 0.29) is 11.8 Å². The molecule has 50 heavy (non-hydrogen) atoms. The third-order valence-corrected chi connectivity index (χ3v) is 12.6. The quantitative estimate of drug-likeness (QED) is 0.205. The van der Waals surface area contributed by atoms with Gasteiger partial charge < -0.3 is 19.8 Å². The van der Waals surface area contributed by atoms with Crippen LogP contribution in [-0.2, 0) is 40.0 Å². The molecule has 2 amide bonds. The summed E-state index contributed by atoms with van der Waals surface area (Å²) in [7, 11) is 3.81. The maximum Gasteiger partial charge on any atom is 0.291 e. The lowest BCUT2D eigenvalue weighted by atomic mass is 9.83. The van der Waals surface area contributed by atoms with Crippen molar-refractivity contribution in [2.75, 3.05) is 36.8 Å². The number of nitrogens with one attached hydrogen (secondary N) is 2. The van der Waals surface area contributed by atoms with Crippen LogP contribution in [0.2, 0.25) is 10.0 Å². The number of carbonyl (C=O) groups is 2. The summed E-state index contributed by atoms with van der Waals surface area (Å²) in [4.78, 5) is 41.5. The molecule has 2 aromatic heterocycles. The van der Waals surface area contributed by atoms with Crippen molar-refractivity contribution in [1.82, 2.24) is 28.9 Å². The van der Waals surface area contributed by atoms with Crippen molar-refractivity contribution in [3.05, 3.63) is 80.9 Å². The molecule has 0 saturated heterocycles. The number of halogens is 2. The standard InChI is InChI=1S/C38H44Cl2N8O2/c1-4-47-17-13-30-28(20-47)41-34(45(30)2)36(49)43-26-9-5-7-24(32(26)39)25-8-6-10-27(33(25)40)44-37(50)35-42-29-21-48(18-14-31(29)46(35)3)22-38-15-11-23(19-38)12-16-38/h5-10,23H,4,11-22H2,1-3H3,(H,43,49)(H,44,50). The Morgan fingerprint density at radius 1 is 0.800 bits per heavy atom. The highest BCUT2D eigenvalue weighted by Gasteiger charge is 2.46. The summed E-state index contributed by atoms with van der Waals surface area (Å²) in [5.41, 5.74) is 6.80. The summed E-state index contributed by atoms with van der Waals surface area (Å²) in [6.45, 7) is 7.67. The molecule has 12 heteroatoms. The molecule has 4 aliphatic rings. The highest BCUT2D eigenvalue weighted by atomic mass is 35.5. The predicted molar refractivity (Wildman–Crippen MR) is 197 cm³/mol. The summed E-state index contributed by atoms with van der Waals surface area (Å²) in [6, 6.07) is 10.9. The van der Waals surface area contributed by atoms with E-state index < -0.39 is 0 Å². The molecule has 4 heterocycles. The normalized spacial score (nSPS) is 21.7. The zero-order chi connectivity index (χ0) is 34.7. The first-order valence-electron chi connectivity index (χ1n) is 17.9. The van der Waals surface area contributed by atoms with Gasteiger partial charge in [-0.25, -0.2) is 9.97 Å². The van der Waals surface area contributed by atoms with Crippen LogP contribution in [0.5, 0.6) is 0 Å². The number of anilines is 2. The van der Waals surface area contributed by atoms with Gasteiger partial charge in [-0.05, 0) is 62.1 Å². The lowest BCUT2D eigenvalue weighted by molar-refractivity contribution is 0.100. The third-order valence-electron chi connectivity index (χ3n) is 11.8. The number of rotatable bonds is 8. The fourth-order valence-electron chi connectivity index (χ4n) is 9.01. The van der Waals surface area contributed by atoms with Gasteiger partial charge in [0.2, 0.25) is 0 Å².